The molecule has 116 valence electrons. The Hall–Kier alpha value is -1.88. The maximum Gasteiger partial charge on any atom is 0.142 e. The van der Waals surface area contributed by atoms with Gasteiger partial charge in [-0.15, -0.1) is 0 Å². The summed E-state index contributed by atoms with van der Waals surface area (Å²) in [4.78, 5) is 10.3. The van der Waals surface area contributed by atoms with Crippen molar-refractivity contribution in [3.63, 3.8) is 0 Å². The third-order valence-electron chi connectivity index (χ3n) is 4.76. The Morgan fingerprint density at radius 2 is 1.82 bits per heavy atom. The van der Waals surface area contributed by atoms with Crippen molar-refractivity contribution in [3.05, 3.63) is 47.5 Å². The van der Waals surface area contributed by atoms with E-state index < -0.39 is 0 Å². The fourth-order valence-corrected chi connectivity index (χ4v) is 3.38. The zero-order valence-corrected chi connectivity index (χ0v) is 13.2. The summed E-state index contributed by atoms with van der Waals surface area (Å²) in [6.07, 6.45) is 14.7. The van der Waals surface area contributed by atoms with E-state index in [4.69, 9.17) is 5.26 Å². The molecule has 0 bridgehead atoms. The van der Waals surface area contributed by atoms with E-state index in [2.05, 4.69) is 24.3 Å². The lowest BCUT2D eigenvalue weighted by molar-refractivity contribution is -0.104. The first-order valence-electron chi connectivity index (χ1n) is 8.43. The smallest absolute Gasteiger partial charge is 0.142 e. The van der Waals surface area contributed by atoms with Crippen LogP contribution in [0.25, 0.3) is 0 Å². The van der Waals surface area contributed by atoms with Gasteiger partial charge < -0.3 is 0 Å². The van der Waals surface area contributed by atoms with Gasteiger partial charge in [0.15, 0.2) is 0 Å². The van der Waals surface area contributed by atoms with Crippen LogP contribution in [-0.4, -0.2) is 6.29 Å². The van der Waals surface area contributed by atoms with E-state index in [9.17, 15) is 4.79 Å². The number of aryl methyl sites for hydroxylation is 1. The molecule has 0 spiro atoms. The van der Waals surface area contributed by atoms with Crippen LogP contribution in [-0.2, 0) is 11.2 Å². The topological polar surface area (TPSA) is 40.9 Å². The Labute approximate surface area is 133 Å². The summed E-state index contributed by atoms with van der Waals surface area (Å²) in [6, 6.07) is 10.1. The number of carbonyl (C=O) groups is 1. The van der Waals surface area contributed by atoms with Crippen LogP contribution in [0.15, 0.2) is 36.4 Å². The van der Waals surface area contributed by atoms with E-state index in [1.54, 1.807) is 6.08 Å². The van der Waals surface area contributed by atoms with Gasteiger partial charge in [-0.3, -0.25) is 4.79 Å². The van der Waals surface area contributed by atoms with Crippen LogP contribution < -0.4 is 0 Å². The molecule has 1 fully saturated rings. The minimum atomic E-state index is 0.625. The second-order valence-corrected chi connectivity index (χ2v) is 6.36. The van der Waals surface area contributed by atoms with Gasteiger partial charge in [0.2, 0.25) is 0 Å². The fourth-order valence-electron chi connectivity index (χ4n) is 3.38. The third kappa shape index (κ3) is 5.48. The quantitative estimate of drug-likeness (QED) is 0.410. The molecular formula is C20H25NO. The maximum absolute atomic E-state index is 10.3. The van der Waals surface area contributed by atoms with Crippen molar-refractivity contribution >= 4 is 6.29 Å². The highest BCUT2D eigenvalue weighted by molar-refractivity contribution is 5.64. The number of aldehydes is 1. The molecule has 0 amide bonds. The Kier molecular flexibility index (Phi) is 6.90. The number of nitriles is 1. The average Bonchev–Trinajstić information content (AvgIpc) is 2.58. The number of benzene rings is 1. The molecule has 0 heterocycles. The van der Waals surface area contributed by atoms with Gasteiger partial charge in [0.1, 0.15) is 6.29 Å². The van der Waals surface area contributed by atoms with Crippen LogP contribution in [0.5, 0.6) is 0 Å². The molecule has 2 rings (SSSR count). The summed E-state index contributed by atoms with van der Waals surface area (Å²) in [7, 11) is 0. The van der Waals surface area contributed by atoms with Gasteiger partial charge in [-0.05, 0) is 74.1 Å². The minimum Gasteiger partial charge on any atom is -0.299 e. The van der Waals surface area contributed by atoms with E-state index in [1.807, 2.05) is 12.1 Å². The summed E-state index contributed by atoms with van der Waals surface area (Å²) in [5.41, 5.74) is 2.07. The molecule has 2 heteroatoms. The maximum atomic E-state index is 10.3. The van der Waals surface area contributed by atoms with Crippen LogP contribution in [0.3, 0.4) is 0 Å². The van der Waals surface area contributed by atoms with Gasteiger partial charge in [-0.1, -0.05) is 31.1 Å². The van der Waals surface area contributed by atoms with Crippen LogP contribution in [0, 0.1) is 23.2 Å². The molecule has 0 saturated heterocycles. The molecule has 1 aliphatic rings. The molecule has 1 aromatic carbocycles. The highest BCUT2D eigenvalue weighted by Gasteiger charge is 2.18. The zero-order chi connectivity index (χ0) is 15.6. The number of unbranched alkanes of at least 4 members (excludes halogenated alkanes) is 1. The Bertz CT molecular complexity index is 516. The first-order chi connectivity index (χ1) is 10.8. The van der Waals surface area contributed by atoms with E-state index >= 15 is 0 Å². The van der Waals surface area contributed by atoms with Gasteiger partial charge in [-0.25, -0.2) is 0 Å². The second kappa shape index (κ2) is 9.20. The van der Waals surface area contributed by atoms with E-state index in [0.717, 1.165) is 24.2 Å². The van der Waals surface area contributed by atoms with Crippen molar-refractivity contribution in [2.45, 2.75) is 51.4 Å². The number of nitrogens with zero attached hydrogens (tertiary/aromatic N) is 1. The molecule has 1 saturated carbocycles. The van der Waals surface area contributed by atoms with Crippen molar-refractivity contribution < 1.29 is 4.79 Å². The number of rotatable bonds is 7. The second-order valence-electron chi connectivity index (χ2n) is 6.36. The lowest BCUT2D eigenvalue weighted by Crippen LogP contribution is -2.13. The molecule has 0 unspecified atom stereocenters. The fraction of sp³-hybridized carbons (Fsp3) is 0.500. The Balaban J connectivity index is 1.60. The van der Waals surface area contributed by atoms with Gasteiger partial charge in [0, 0.05) is 0 Å². The normalized spacial score (nSPS) is 21.6. The van der Waals surface area contributed by atoms with Gasteiger partial charge in [-0.2, -0.15) is 5.26 Å². The summed E-state index contributed by atoms with van der Waals surface area (Å²) in [5, 5.41) is 8.78. The van der Waals surface area contributed by atoms with Crippen molar-refractivity contribution in [2.75, 3.05) is 0 Å². The summed E-state index contributed by atoms with van der Waals surface area (Å²) >= 11 is 0. The Morgan fingerprint density at radius 3 is 2.45 bits per heavy atom. The van der Waals surface area contributed by atoms with Crippen LogP contribution in [0.1, 0.15) is 56.1 Å². The number of hydrogen-bond donors (Lipinski definition) is 0. The van der Waals surface area contributed by atoms with Crippen LogP contribution >= 0.6 is 0 Å². The molecule has 0 aromatic heterocycles. The molecule has 1 aromatic rings. The molecule has 0 N–H and O–H groups in total. The highest BCUT2D eigenvalue weighted by Crippen LogP contribution is 2.32. The van der Waals surface area contributed by atoms with Gasteiger partial charge >= 0.3 is 0 Å². The van der Waals surface area contributed by atoms with E-state index in [0.29, 0.717) is 5.92 Å². The Morgan fingerprint density at radius 1 is 1.09 bits per heavy atom. The van der Waals surface area contributed by atoms with Crippen molar-refractivity contribution in [1.29, 1.82) is 5.26 Å². The van der Waals surface area contributed by atoms with Crippen molar-refractivity contribution in [3.8, 4) is 6.07 Å². The predicted octanol–water partition coefficient (Wildman–Crippen LogP) is 4.83. The average molecular weight is 295 g/mol. The van der Waals surface area contributed by atoms with Crippen LogP contribution in [0.2, 0.25) is 0 Å². The first-order valence-corrected chi connectivity index (χ1v) is 8.43. The highest BCUT2D eigenvalue weighted by atomic mass is 16.1. The molecule has 2 nitrogen and oxygen atoms in total. The molecule has 0 atom stereocenters. The number of allylic oxidation sites excluding steroid dienone is 2. The minimum absolute atomic E-state index is 0.625. The lowest BCUT2D eigenvalue weighted by atomic mass is 9.79. The monoisotopic (exact) mass is 295 g/mol. The van der Waals surface area contributed by atoms with E-state index in [1.165, 1.54) is 50.5 Å². The molecule has 0 aliphatic heterocycles. The molecule has 22 heavy (non-hydrogen) atoms. The molecule has 1 aliphatic carbocycles. The number of carbonyl (C=O) groups excluding carboxylic acids is 1. The van der Waals surface area contributed by atoms with E-state index in [-0.39, 0.29) is 0 Å². The summed E-state index contributed by atoms with van der Waals surface area (Å²) in [6.45, 7) is 0. The van der Waals surface area contributed by atoms with Crippen LogP contribution in [0.4, 0.5) is 0 Å². The summed E-state index contributed by atoms with van der Waals surface area (Å²) < 4.78 is 0. The number of hydrogen-bond acceptors (Lipinski definition) is 2. The third-order valence-corrected chi connectivity index (χ3v) is 4.76. The van der Waals surface area contributed by atoms with Gasteiger partial charge in [0.25, 0.3) is 0 Å². The molecule has 0 radical (unpaired) electrons. The van der Waals surface area contributed by atoms with Crippen molar-refractivity contribution in [2.24, 2.45) is 11.8 Å². The van der Waals surface area contributed by atoms with Gasteiger partial charge in [0.05, 0.1) is 11.6 Å². The standard InChI is InChI=1S/C20H25NO/c21-16-20-13-11-18(12-14-20)5-2-1-4-17-7-9-19(10-8-17)6-3-15-22/h3,6,11-15,17,19H,1-2,4-5,7-10H2/b6-3+. The lowest BCUT2D eigenvalue weighted by Gasteiger charge is -2.26. The van der Waals surface area contributed by atoms with Crippen molar-refractivity contribution in [1.82, 2.24) is 0 Å². The zero-order valence-electron chi connectivity index (χ0n) is 13.2. The summed E-state index contributed by atoms with van der Waals surface area (Å²) in [5.74, 6) is 1.50. The SMILES string of the molecule is N#Cc1ccc(CCCCC2CCC(/C=C/C=O)CC2)cc1. The predicted molar refractivity (Wildman–Crippen MR) is 89.4 cm³/mol. The molecular weight excluding hydrogens is 270 g/mol. The largest absolute Gasteiger partial charge is 0.299 e. The first kappa shape index (κ1) is 16.5.